The van der Waals surface area contributed by atoms with Crippen LogP contribution in [0.2, 0.25) is 0 Å². The van der Waals surface area contributed by atoms with Crippen LogP contribution in [-0.4, -0.2) is 22.2 Å². The Kier molecular flexibility index (Phi) is 6.26. The van der Waals surface area contributed by atoms with E-state index in [1.165, 1.54) is 0 Å². The number of aliphatic hydroxyl groups excluding tert-OH is 1. The van der Waals surface area contributed by atoms with Crippen LogP contribution < -0.4 is 10.1 Å². The van der Waals surface area contributed by atoms with Crippen molar-refractivity contribution in [3.8, 4) is 29.0 Å². The molecular weight excluding hydrogens is 414 g/mol. The molecule has 7 nitrogen and oxygen atoms in total. The maximum atomic E-state index is 11.0. The molecule has 4 aromatic rings. The van der Waals surface area contributed by atoms with Crippen molar-refractivity contribution >= 4 is 11.6 Å². The van der Waals surface area contributed by atoms with Gasteiger partial charge in [-0.25, -0.2) is 9.97 Å². The minimum atomic E-state index is -1.03. The lowest BCUT2D eigenvalue weighted by Gasteiger charge is -2.16. The number of hydrogen-bond acceptors (Lipinski definition) is 7. The quantitative estimate of drug-likeness (QED) is 0.452. The summed E-state index contributed by atoms with van der Waals surface area (Å²) in [6.07, 6.45) is 0.536. The first kappa shape index (κ1) is 21.5. The van der Waals surface area contributed by atoms with Crippen molar-refractivity contribution in [1.29, 1.82) is 10.5 Å². The van der Waals surface area contributed by atoms with Crippen LogP contribution in [0.1, 0.15) is 28.5 Å². The van der Waals surface area contributed by atoms with Crippen LogP contribution in [0.15, 0.2) is 79.0 Å². The van der Waals surface area contributed by atoms with Gasteiger partial charge in [0.25, 0.3) is 0 Å². The van der Waals surface area contributed by atoms with Gasteiger partial charge in [-0.2, -0.15) is 10.5 Å². The monoisotopic (exact) mass is 433 g/mol. The first-order chi connectivity index (χ1) is 16.1. The van der Waals surface area contributed by atoms with Gasteiger partial charge in [0.1, 0.15) is 11.9 Å². The van der Waals surface area contributed by atoms with Gasteiger partial charge in [-0.3, -0.25) is 0 Å². The molecule has 0 saturated carbocycles. The summed E-state index contributed by atoms with van der Waals surface area (Å²) >= 11 is 0. The number of benzene rings is 3. The molecule has 0 fully saturated rings. The predicted molar refractivity (Wildman–Crippen MR) is 124 cm³/mol. The van der Waals surface area contributed by atoms with E-state index < -0.39 is 6.10 Å². The van der Waals surface area contributed by atoms with Gasteiger partial charge < -0.3 is 15.2 Å². The highest BCUT2D eigenvalue weighted by molar-refractivity contribution is 5.67. The van der Waals surface area contributed by atoms with Gasteiger partial charge in [-0.05, 0) is 59.7 Å². The van der Waals surface area contributed by atoms with Gasteiger partial charge in [0, 0.05) is 17.4 Å². The number of anilines is 2. The highest BCUT2D eigenvalue weighted by Crippen LogP contribution is 2.33. The minimum Gasteiger partial charge on any atom is -0.496 e. The molecule has 0 bridgehead atoms. The number of methoxy groups -OCH3 is 1. The van der Waals surface area contributed by atoms with Gasteiger partial charge in [0.05, 0.1) is 36.1 Å². The van der Waals surface area contributed by atoms with Crippen molar-refractivity contribution in [2.75, 3.05) is 12.4 Å². The molecule has 0 radical (unpaired) electrons. The molecule has 0 unspecified atom stereocenters. The molecule has 160 valence electrons. The predicted octanol–water partition coefficient (Wildman–Crippen LogP) is 4.72. The number of aliphatic hydroxyl groups is 1. The maximum absolute atomic E-state index is 11.0. The smallest absolute Gasteiger partial charge is 0.227 e. The largest absolute Gasteiger partial charge is 0.496 e. The summed E-state index contributed by atoms with van der Waals surface area (Å²) in [6, 6.07) is 25.5. The van der Waals surface area contributed by atoms with Crippen LogP contribution in [0.5, 0.6) is 5.75 Å². The molecule has 1 heterocycles. The van der Waals surface area contributed by atoms with E-state index in [4.69, 9.17) is 15.3 Å². The number of rotatable bonds is 6. The molecule has 0 amide bonds. The Morgan fingerprint density at radius 3 is 2.15 bits per heavy atom. The second kappa shape index (κ2) is 9.61. The molecule has 1 aromatic heterocycles. The van der Waals surface area contributed by atoms with Crippen molar-refractivity contribution in [3.05, 3.63) is 101 Å². The molecule has 0 aliphatic rings. The first-order valence-electron chi connectivity index (χ1n) is 10.1. The molecule has 33 heavy (non-hydrogen) atoms. The number of hydrogen-bond donors (Lipinski definition) is 2. The van der Waals surface area contributed by atoms with Gasteiger partial charge in [-0.15, -0.1) is 0 Å². The van der Waals surface area contributed by atoms with Crippen molar-refractivity contribution in [1.82, 2.24) is 9.97 Å². The van der Waals surface area contributed by atoms with Crippen molar-refractivity contribution < 1.29 is 9.84 Å². The lowest BCUT2D eigenvalue weighted by atomic mass is 9.98. The SMILES string of the molecule is COc1cc(-c2ccc(C#N)cc2)ccc1[C@@H](O)c1ccnc(Nc2ccc(C#N)cc2)n1. The van der Waals surface area contributed by atoms with Crippen LogP contribution in [0, 0.1) is 22.7 Å². The number of aromatic nitrogens is 2. The molecule has 0 spiro atoms. The molecule has 4 rings (SSSR count). The standard InChI is InChI=1S/C26H19N5O2/c1-33-24-14-20(19-6-2-17(15-27)3-7-19)8-11-22(24)25(32)23-12-13-29-26(31-23)30-21-9-4-18(16-28)5-10-21/h2-14,25,32H,1H3,(H,29,30,31)/t25-/m1/s1. The zero-order valence-electron chi connectivity index (χ0n) is 17.7. The van der Waals surface area contributed by atoms with E-state index >= 15 is 0 Å². The molecule has 1 atom stereocenters. The molecule has 3 aromatic carbocycles. The fourth-order valence-electron chi connectivity index (χ4n) is 3.36. The number of ether oxygens (including phenoxy) is 1. The van der Waals surface area contributed by atoms with Gasteiger partial charge in [0.2, 0.25) is 5.95 Å². The molecule has 0 aliphatic carbocycles. The van der Waals surface area contributed by atoms with Crippen LogP contribution in [0.3, 0.4) is 0 Å². The third-order valence-corrected chi connectivity index (χ3v) is 5.10. The number of nitrogens with zero attached hydrogens (tertiary/aromatic N) is 4. The van der Waals surface area contributed by atoms with Crippen LogP contribution in [0.4, 0.5) is 11.6 Å². The fourth-order valence-corrected chi connectivity index (χ4v) is 3.36. The summed E-state index contributed by atoms with van der Waals surface area (Å²) in [5.41, 5.74) is 4.69. The third kappa shape index (κ3) is 4.80. The van der Waals surface area contributed by atoms with E-state index in [-0.39, 0.29) is 0 Å². The Morgan fingerprint density at radius 1 is 0.879 bits per heavy atom. The lowest BCUT2D eigenvalue weighted by Crippen LogP contribution is -2.07. The number of nitrogens with one attached hydrogen (secondary N) is 1. The maximum Gasteiger partial charge on any atom is 0.227 e. The van der Waals surface area contributed by atoms with Crippen LogP contribution in [0.25, 0.3) is 11.1 Å². The molecular formula is C26H19N5O2. The summed E-state index contributed by atoms with van der Waals surface area (Å²) in [5.74, 6) is 0.842. The third-order valence-electron chi connectivity index (χ3n) is 5.10. The van der Waals surface area contributed by atoms with E-state index in [1.54, 1.807) is 61.8 Å². The second-order valence-electron chi connectivity index (χ2n) is 7.17. The average molecular weight is 433 g/mol. The first-order valence-corrected chi connectivity index (χ1v) is 10.1. The van der Waals surface area contributed by atoms with Gasteiger partial charge >= 0.3 is 0 Å². The van der Waals surface area contributed by atoms with E-state index in [0.29, 0.717) is 34.1 Å². The Hall–Kier alpha value is -4.72. The van der Waals surface area contributed by atoms with Gasteiger partial charge in [-0.1, -0.05) is 24.3 Å². The molecule has 2 N–H and O–H groups in total. The second-order valence-corrected chi connectivity index (χ2v) is 7.17. The Balaban J connectivity index is 1.59. The summed E-state index contributed by atoms with van der Waals surface area (Å²) in [7, 11) is 1.55. The summed E-state index contributed by atoms with van der Waals surface area (Å²) in [6.45, 7) is 0. The van der Waals surface area contributed by atoms with E-state index in [2.05, 4.69) is 27.4 Å². The van der Waals surface area contributed by atoms with Gasteiger partial charge in [0.15, 0.2) is 0 Å². The zero-order valence-corrected chi connectivity index (χ0v) is 17.7. The van der Waals surface area contributed by atoms with E-state index in [9.17, 15) is 5.11 Å². The molecule has 7 heteroatoms. The summed E-state index contributed by atoms with van der Waals surface area (Å²) < 4.78 is 5.55. The Bertz CT molecular complexity index is 1350. The van der Waals surface area contributed by atoms with Crippen molar-refractivity contribution in [3.63, 3.8) is 0 Å². The van der Waals surface area contributed by atoms with Crippen molar-refractivity contribution in [2.24, 2.45) is 0 Å². The van der Waals surface area contributed by atoms with E-state index in [0.717, 1.165) is 16.8 Å². The highest BCUT2D eigenvalue weighted by atomic mass is 16.5. The Labute approximate surface area is 191 Å². The topological polar surface area (TPSA) is 115 Å². The van der Waals surface area contributed by atoms with Crippen LogP contribution >= 0.6 is 0 Å². The van der Waals surface area contributed by atoms with E-state index in [1.807, 2.05) is 24.3 Å². The normalized spacial score (nSPS) is 11.2. The lowest BCUT2D eigenvalue weighted by molar-refractivity contribution is 0.210. The number of nitriles is 2. The Morgan fingerprint density at radius 2 is 1.52 bits per heavy atom. The fraction of sp³-hybridized carbons (Fsp3) is 0.0769. The van der Waals surface area contributed by atoms with Crippen LogP contribution in [-0.2, 0) is 0 Å². The molecule has 0 saturated heterocycles. The van der Waals surface area contributed by atoms with Crippen molar-refractivity contribution in [2.45, 2.75) is 6.10 Å². The highest BCUT2D eigenvalue weighted by Gasteiger charge is 2.18. The minimum absolute atomic E-state index is 0.324. The molecule has 0 aliphatic heterocycles. The summed E-state index contributed by atoms with van der Waals surface area (Å²) in [4.78, 5) is 8.65. The zero-order chi connectivity index (χ0) is 23.2. The summed E-state index contributed by atoms with van der Waals surface area (Å²) in [5, 5.41) is 32.0. The average Bonchev–Trinajstić information content (AvgIpc) is 2.88.